The van der Waals surface area contributed by atoms with E-state index in [0.717, 1.165) is 55.2 Å². The summed E-state index contributed by atoms with van der Waals surface area (Å²) in [6, 6.07) is 67.3. The van der Waals surface area contributed by atoms with E-state index in [1.165, 1.54) is 42.3 Å². The molecule has 0 saturated heterocycles. The Balaban J connectivity index is 0.702. The fraction of sp³-hybridized carbons (Fsp3) is 0.167. The first-order chi connectivity index (χ1) is 35.9. The molecule has 2 aliphatic rings. The summed E-state index contributed by atoms with van der Waals surface area (Å²) in [7, 11) is 0. The summed E-state index contributed by atoms with van der Waals surface area (Å²) in [4.78, 5) is 14.1. The summed E-state index contributed by atoms with van der Waals surface area (Å²) in [5, 5.41) is 36.3. The molecule has 2 N–H and O–H groups in total. The van der Waals surface area contributed by atoms with Crippen LogP contribution in [0.1, 0.15) is 25.0 Å². The van der Waals surface area contributed by atoms with E-state index >= 15 is 0 Å². The molecule has 0 aliphatic carbocycles. The predicted molar refractivity (Wildman–Crippen MR) is 313 cm³/mol. The van der Waals surface area contributed by atoms with E-state index in [2.05, 4.69) is 157 Å². The lowest BCUT2D eigenvalue weighted by Gasteiger charge is -2.32. The van der Waals surface area contributed by atoms with Crippen LogP contribution in [-0.4, -0.2) is 72.5 Å². The molecule has 8 nitrogen and oxygen atoms in total. The molecule has 8 aromatic carbocycles. The number of para-hydroxylation sites is 4. The number of fused-ring (bicyclic) bond motifs is 4. The van der Waals surface area contributed by atoms with Crippen molar-refractivity contribution in [2.24, 2.45) is 10.2 Å². The van der Waals surface area contributed by atoms with Gasteiger partial charge in [-0.05, 0) is 146 Å². The highest BCUT2D eigenvalue weighted by molar-refractivity contribution is 8.00. The topological polar surface area (TPSA) is 78.1 Å². The van der Waals surface area contributed by atoms with Crippen LogP contribution in [0.3, 0.4) is 0 Å². The average molecular weight is 1050 g/mol. The largest absolute Gasteiger partial charge is 0.390 e. The quantitative estimate of drug-likeness (QED) is 0.0435. The molecule has 73 heavy (non-hydrogen) atoms. The van der Waals surface area contributed by atoms with Crippen LogP contribution in [0.4, 0.5) is 34.1 Å². The lowest BCUT2D eigenvalue weighted by Crippen LogP contribution is -2.30. The first kappa shape index (κ1) is 50.5. The molecular weight excluding hydrogens is 997 g/mol. The van der Waals surface area contributed by atoms with Gasteiger partial charge in [0.25, 0.3) is 0 Å². The van der Waals surface area contributed by atoms with Gasteiger partial charge in [-0.25, -0.2) is 0 Å². The van der Waals surface area contributed by atoms with Crippen LogP contribution in [0.5, 0.6) is 0 Å². The van der Waals surface area contributed by atoms with Crippen molar-refractivity contribution < 1.29 is 10.2 Å². The first-order valence-corrected chi connectivity index (χ1v) is 28.9. The fourth-order valence-electron chi connectivity index (χ4n) is 8.69. The maximum Gasteiger partial charge on any atom is 0.0830 e. The molecule has 2 heterocycles. The molecule has 0 aromatic heterocycles. The van der Waals surface area contributed by atoms with Gasteiger partial charge in [0.1, 0.15) is 0 Å². The zero-order chi connectivity index (χ0) is 49.9. The van der Waals surface area contributed by atoms with Gasteiger partial charge in [-0.15, -0.1) is 23.5 Å². The van der Waals surface area contributed by atoms with Crippen molar-refractivity contribution in [2.45, 2.75) is 65.2 Å². The third kappa shape index (κ3) is 12.7. The van der Waals surface area contributed by atoms with Gasteiger partial charge in [0.2, 0.25) is 0 Å². The number of rotatable bonds is 20. The van der Waals surface area contributed by atoms with Gasteiger partial charge in [-0.1, -0.05) is 108 Å². The summed E-state index contributed by atoms with van der Waals surface area (Å²) < 4.78 is 0. The highest BCUT2D eigenvalue weighted by atomic mass is 32.2. The number of hydrazone groups is 2. The van der Waals surface area contributed by atoms with Crippen molar-refractivity contribution in [2.75, 3.05) is 57.5 Å². The van der Waals surface area contributed by atoms with E-state index in [1.54, 1.807) is 58.8 Å². The molecule has 368 valence electrons. The molecular formula is C60H56N6O2S5. The van der Waals surface area contributed by atoms with Crippen LogP contribution < -0.4 is 19.8 Å². The second-order valence-corrected chi connectivity index (χ2v) is 22.9. The number of hydrogen-bond donors (Lipinski definition) is 2. The second-order valence-electron chi connectivity index (χ2n) is 17.4. The minimum atomic E-state index is -0.615. The first-order valence-electron chi connectivity index (χ1n) is 24.5. The predicted octanol–water partition coefficient (Wildman–Crippen LogP) is 15.1. The minimum Gasteiger partial charge on any atom is -0.390 e. The molecule has 0 fully saturated rings. The molecule has 0 bridgehead atoms. The van der Waals surface area contributed by atoms with Crippen LogP contribution in [0.25, 0.3) is 0 Å². The number of aliphatic hydroxyl groups is 2. The van der Waals surface area contributed by atoms with Gasteiger partial charge in [0.15, 0.2) is 0 Å². The maximum atomic E-state index is 11.3. The number of hydrogen-bond acceptors (Lipinski definition) is 13. The van der Waals surface area contributed by atoms with Crippen LogP contribution in [0.2, 0.25) is 0 Å². The molecule has 2 unspecified atom stereocenters. The minimum absolute atomic E-state index is 0.358. The standard InChI is InChI=1S/C60H56N6O2S5/c1-3-63-53-19-11-13-21-57(53)72-59-35-43(23-33-55(59)63)37-61-65(45-15-7-5-8-16-45)39-47(67)41-69-49-25-29-51(30-26-49)71-52-31-27-50(28-32-52)70-42-48(68)40-66(46-17-9-6-10-18-46)62-38-44-24-34-56-60(36-44)73-58-22-14-12-20-54(58)64(56)4-2/h5-38,47-48,67-68H,3-4,39-42H2,1-2H3/b61-37+,62-38+. The van der Waals surface area contributed by atoms with Gasteiger partial charge in [0.05, 0.1) is 71.9 Å². The van der Waals surface area contributed by atoms with Crippen molar-refractivity contribution in [1.29, 1.82) is 0 Å². The zero-order valence-electron chi connectivity index (χ0n) is 40.6. The van der Waals surface area contributed by atoms with Gasteiger partial charge >= 0.3 is 0 Å². The number of benzene rings is 8. The maximum absolute atomic E-state index is 11.3. The number of nitrogens with zero attached hydrogens (tertiary/aromatic N) is 6. The van der Waals surface area contributed by atoms with E-state index in [0.29, 0.717) is 24.6 Å². The van der Waals surface area contributed by atoms with Crippen LogP contribution in [0.15, 0.2) is 243 Å². The fourth-order valence-corrected chi connectivity index (χ4v) is 13.4. The van der Waals surface area contributed by atoms with E-state index in [-0.39, 0.29) is 0 Å². The second kappa shape index (κ2) is 24.3. The molecule has 2 atom stereocenters. The Labute approximate surface area is 450 Å². The number of anilines is 6. The van der Waals surface area contributed by atoms with Crippen LogP contribution >= 0.6 is 58.8 Å². The van der Waals surface area contributed by atoms with Gasteiger partial charge in [0, 0.05) is 63.8 Å². The summed E-state index contributed by atoms with van der Waals surface area (Å²) in [6.07, 6.45) is 2.56. The van der Waals surface area contributed by atoms with Gasteiger partial charge in [-0.2, -0.15) is 10.2 Å². The van der Waals surface area contributed by atoms with Crippen molar-refractivity contribution in [3.63, 3.8) is 0 Å². The molecule has 10 rings (SSSR count). The third-order valence-corrected chi connectivity index (χ3v) is 17.8. The smallest absolute Gasteiger partial charge is 0.0830 e. The Morgan fingerprint density at radius 1 is 0.452 bits per heavy atom. The SMILES string of the molecule is CCN1c2ccccc2Sc2cc(/C=N/N(CC(O)CSc3ccc(Sc4ccc(SCC(O)CN(/N=C/c5ccc6c(c5)Sc5ccccc5N6CC)c5ccccc5)cc4)cc3)c3ccccc3)ccc21. The lowest BCUT2D eigenvalue weighted by molar-refractivity contribution is 0.204. The normalized spacial score (nSPS) is 13.6. The lowest BCUT2D eigenvalue weighted by atomic mass is 10.1. The summed E-state index contributed by atoms with van der Waals surface area (Å²) in [5.74, 6) is 1.06. The average Bonchev–Trinajstić information content (AvgIpc) is 3.43. The molecule has 0 amide bonds. The Kier molecular flexibility index (Phi) is 16.8. The van der Waals surface area contributed by atoms with Gasteiger partial charge < -0.3 is 20.0 Å². The molecule has 8 aromatic rings. The van der Waals surface area contributed by atoms with Crippen LogP contribution in [-0.2, 0) is 0 Å². The Bertz CT molecular complexity index is 2950. The third-order valence-electron chi connectivity index (χ3n) is 12.3. The van der Waals surface area contributed by atoms with Crippen molar-refractivity contribution in [3.8, 4) is 0 Å². The van der Waals surface area contributed by atoms with E-state index in [1.807, 2.05) is 83.1 Å². The van der Waals surface area contributed by atoms with Crippen LogP contribution in [0, 0.1) is 0 Å². The Morgan fingerprint density at radius 2 is 0.822 bits per heavy atom. The van der Waals surface area contributed by atoms with Gasteiger partial charge in [-0.3, -0.25) is 10.0 Å². The van der Waals surface area contributed by atoms with E-state index in [4.69, 9.17) is 10.2 Å². The molecule has 2 aliphatic heterocycles. The number of aliphatic hydroxyl groups excluding tert-OH is 2. The molecule has 0 saturated carbocycles. The van der Waals surface area contributed by atoms with Crippen molar-refractivity contribution in [3.05, 3.63) is 205 Å². The zero-order valence-corrected chi connectivity index (χ0v) is 44.7. The Morgan fingerprint density at radius 3 is 1.23 bits per heavy atom. The highest BCUT2D eigenvalue weighted by Gasteiger charge is 2.24. The summed E-state index contributed by atoms with van der Waals surface area (Å²) in [6.45, 7) is 6.87. The van der Waals surface area contributed by atoms with E-state index in [9.17, 15) is 10.2 Å². The van der Waals surface area contributed by atoms with E-state index < -0.39 is 12.2 Å². The Hall–Kier alpha value is -6.03. The number of thioether (sulfide) groups is 2. The summed E-state index contributed by atoms with van der Waals surface area (Å²) in [5.41, 5.74) is 8.79. The van der Waals surface area contributed by atoms with Crippen molar-refractivity contribution >= 4 is 105 Å². The molecule has 0 spiro atoms. The highest BCUT2D eigenvalue weighted by Crippen LogP contribution is 2.49. The van der Waals surface area contributed by atoms with Crippen molar-refractivity contribution in [1.82, 2.24) is 0 Å². The molecule has 0 radical (unpaired) electrons. The summed E-state index contributed by atoms with van der Waals surface area (Å²) >= 11 is 8.59. The monoisotopic (exact) mass is 1050 g/mol. The molecule has 13 heteroatoms.